The number of hydrogen-bond donors (Lipinski definition) is 0. The van der Waals surface area contributed by atoms with Gasteiger partial charge in [0.2, 0.25) is 5.82 Å². The van der Waals surface area contributed by atoms with Crippen molar-refractivity contribution in [1.82, 2.24) is 9.66 Å². The van der Waals surface area contributed by atoms with Crippen molar-refractivity contribution in [2.24, 2.45) is 5.10 Å². The summed E-state index contributed by atoms with van der Waals surface area (Å²) in [6.07, 6.45) is 1.47. The molecule has 2 heterocycles. The molecule has 2 aromatic heterocycles. The number of benzene rings is 3. The molecular formula is C26H17BrN4O4. The number of ether oxygens (including phenoxy) is 2. The Morgan fingerprint density at radius 1 is 1.17 bits per heavy atom. The normalized spacial score (nSPS) is 11.2. The zero-order valence-corrected chi connectivity index (χ0v) is 20.0. The summed E-state index contributed by atoms with van der Waals surface area (Å²) in [6, 6.07) is 21.7. The van der Waals surface area contributed by atoms with Gasteiger partial charge in [0.1, 0.15) is 11.7 Å². The second kappa shape index (κ2) is 9.44. The van der Waals surface area contributed by atoms with Gasteiger partial charge in [0.05, 0.1) is 24.2 Å². The molecule has 35 heavy (non-hydrogen) atoms. The average Bonchev–Trinajstić information content (AvgIpc) is 3.30. The summed E-state index contributed by atoms with van der Waals surface area (Å²) in [4.78, 5) is 18.1. The highest BCUT2D eigenvalue weighted by Gasteiger charge is 2.17. The Kier molecular flexibility index (Phi) is 6.04. The van der Waals surface area contributed by atoms with Gasteiger partial charge in [-0.2, -0.15) is 15.0 Å². The van der Waals surface area contributed by atoms with Gasteiger partial charge in [-0.15, -0.1) is 0 Å². The Bertz CT molecular complexity index is 1700. The lowest BCUT2D eigenvalue weighted by Crippen LogP contribution is -2.20. The van der Waals surface area contributed by atoms with E-state index < -0.39 is 0 Å². The van der Waals surface area contributed by atoms with Crippen molar-refractivity contribution in [2.75, 3.05) is 13.7 Å². The van der Waals surface area contributed by atoms with Crippen LogP contribution in [0, 0.1) is 11.3 Å². The fourth-order valence-electron chi connectivity index (χ4n) is 3.69. The van der Waals surface area contributed by atoms with Crippen molar-refractivity contribution in [3.8, 4) is 29.2 Å². The Labute approximate surface area is 207 Å². The van der Waals surface area contributed by atoms with Crippen molar-refractivity contribution in [2.45, 2.75) is 0 Å². The number of furan rings is 1. The summed E-state index contributed by atoms with van der Waals surface area (Å²) >= 11 is 3.47. The average molecular weight is 529 g/mol. The van der Waals surface area contributed by atoms with Crippen LogP contribution in [0.4, 0.5) is 0 Å². The van der Waals surface area contributed by atoms with E-state index in [9.17, 15) is 4.79 Å². The third-order valence-electron chi connectivity index (χ3n) is 5.28. The van der Waals surface area contributed by atoms with Crippen molar-refractivity contribution in [1.29, 1.82) is 5.26 Å². The van der Waals surface area contributed by atoms with Crippen LogP contribution < -0.4 is 15.0 Å². The van der Waals surface area contributed by atoms with Crippen molar-refractivity contribution in [3.05, 3.63) is 87.1 Å². The largest absolute Gasteiger partial charge is 0.493 e. The Balaban J connectivity index is 1.70. The Morgan fingerprint density at radius 2 is 2.03 bits per heavy atom. The molecule has 0 radical (unpaired) electrons. The monoisotopic (exact) mass is 528 g/mol. The first-order valence-corrected chi connectivity index (χ1v) is 11.3. The molecule has 172 valence electrons. The molecule has 0 aliphatic rings. The molecule has 5 rings (SSSR count). The molecule has 0 aliphatic carbocycles. The van der Waals surface area contributed by atoms with Gasteiger partial charge >= 0.3 is 0 Å². The number of nitrogens with zero attached hydrogens (tertiary/aromatic N) is 4. The minimum atomic E-state index is -0.356. The smallest absolute Gasteiger partial charge is 0.282 e. The number of para-hydroxylation sites is 2. The number of methoxy groups -OCH3 is 1. The molecule has 0 spiro atoms. The maximum atomic E-state index is 13.5. The highest BCUT2D eigenvalue weighted by molar-refractivity contribution is 9.10. The van der Waals surface area contributed by atoms with Crippen LogP contribution in [0.25, 0.3) is 33.5 Å². The zero-order chi connectivity index (χ0) is 24.4. The molecule has 0 saturated carbocycles. The lowest BCUT2D eigenvalue weighted by atomic mass is 10.2. The van der Waals surface area contributed by atoms with E-state index in [1.165, 1.54) is 18.0 Å². The maximum Gasteiger partial charge on any atom is 0.282 e. The number of fused-ring (bicyclic) bond motifs is 2. The first-order valence-electron chi connectivity index (χ1n) is 10.5. The van der Waals surface area contributed by atoms with Crippen LogP contribution in [0.2, 0.25) is 0 Å². The Hall–Kier alpha value is -4.42. The summed E-state index contributed by atoms with van der Waals surface area (Å²) in [5, 5.41) is 14.7. The van der Waals surface area contributed by atoms with Crippen molar-refractivity contribution >= 4 is 44.0 Å². The molecule has 0 aliphatic heterocycles. The standard InChI is InChI=1S/C26H17BrN4O4/c1-33-22-8-4-5-16(24(22)34-12-11-28)15-29-31-25(30-20-7-3-2-6-19(20)26(31)32)23-14-17-13-18(27)9-10-21(17)35-23/h2-10,13-15H,12H2,1H3. The minimum absolute atomic E-state index is 0.168. The molecule has 0 unspecified atom stereocenters. The molecule has 0 amide bonds. The molecule has 0 fully saturated rings. The number of nitriles is 1. The highest BCUT2D eigenvalue weighted by atomic mass is 79.9. The van der Waals surface area contributed by atoms with Crippen LogP contribution >= 0.6 is 15.9 Å². The van der Waals surface area contributed by atoms with E-state index in [1.54, 1.807) is 36.4 Å². The van der Waals surface area contributed by atoms with Crippen LogP contribution in [-0.4, -0.2) is 29.6 Å². The summed E-state index contributed by atoms with van der Waals surface area (Å²) in [6.45, 7) is -0.168. The van der Waals surface area contributed by atoms with Crippen molar-refractivity contribution < 1.29 is 13.9 Å². The van der Waals surface area contributed by atoms with Gasteiger partial charge in [-0.1, -0.05) is 34.1 Å². The molecule has 3 aromatic carbocycles. The van der Waals surface area contributed by atoms with E-state index in [-0.39, 0.29) is 18.0 Å². The molecule has 0 bridgehead atoms. The van der Waals surface area contributed by atoms with Gasteiger partial charge < -0.3 is 13.9 Å². The van der Waals surface area contributed by atoms with E-state index in [4.69, 9.17) is 19.2 Å². The van der Waals surface area contributed by atoms with Gasteiger partial charge in [0.15, 0.2) is 23.9 Å². The number of halogens is 1. The number of hydrogen-bond acceptors (Lipinski definition) is 7. The molecule has 9 heteroatoms. The van der Waals surface area contributed by atoms with Gasteiger partial charge in [0.25, 0.3) is 5.56 Å². The maximum absolute atomic E-state index is 13.5. The van der Waals surface area contributed by atoms with E-state index >= 15 is 0 Å². The van der Waals surface area contributed by atoms with Gasteiger partial charge in [0, 0.05) is 15.4 Å². The summed E-state index contributed by atoms with van der Waals surface area (Å²) in [5.41, 5.74) is 1.35. The predicted octanol–water partition coefficient (Wildman–Crippen LogP) is 5.37. The second-order valence-corrected chi connectivity index (χ2v) is 8.35. The fraction of sp³-hybridized carbons (Fsp3) is 0.0769. The van der Waals surface area contributed by atoms with E-state index in [1.807, 2.05) is 36.4 Å². The molecule has 8 nitrogen and oxygen atoms in total. The number of rotatable bonds is 6. The van der Waals surface area contributed by atoms with Crippen LogP contribution in [0.15, 0.2) is 85.5 Å². The second-order valence-electron chi connectivity index (χ2n) is 7.43. The Morgan fingerprint density at radius 3 is 2.86 bits per heavy atom. The zero-order valence-electron chi connectivity index (χ0n) is 18.4. The topological polar surface area (TPSA) is 103 Å². The van der Waals surface area contributed by atoms with Crippen LogP contribution in [0.1, 0.15) is 5.56 Å². The molecule has 0 N–H and O–H groups in total. The lowest BCUT2D eigenvalue weighted by molar-refractivity contribution is 0.329. The van der Waals surface area contributed by atoms with Crippen LogP contribution in [0.3, 0.4) is 0 Å². The summed E-state index contributed by atoms with van der Waals surface area (Å²) in [7, 11) is 1.51. The third kappa shape index (κ3) is 4.27. The van der Waals surface area contributed by atoms with E-state index in [0.717, 1.165) is 9.86 Å². The van der Waals surface area contributed by atoms with Crippen molar-refractivity contribution in [3.63, 3.8) is 0 Å². The first kappa shape index (κ1) is 22.4. The molecule has 5 aromatic rings. The van der Waals surface area contributed by atoms with E-state index in [0.29, 0.717) is 39.3 Å². The quantitative estimate of drug-likeness (QED) is 0.274. The molecular weight excluding hydrogens is 512 g/mol. The third-order valence-corrected chi connectivity index (χ3v) is 5.77. The van der Waals surface area contributed by atoms with Crippen LogP contribution in [-0.2, 0) is 0 Å². The summed E-state index contributed by atoms with van der Waals surface area (Å²) < 4.78 is 19.0. The predicted molar refractivity (Wildman–Crippen MR) is 136 cm³/mol. The van der Waals surface area contributed by atoms with Gasteiger partial charge in [-0.3, -0.25) is 4.79 Å². The van der Waals surface area contributed by atoms with Gasteiger partial charge in [-0.05, 0) is 48.5 Å². The van der Waals surface area contributed by atoms with E-state index in [2.05, 4.69) is 26.0 Å². The van der Waals surface area contributed by atoms with Gasteiger partial charge in [-0.25, -0.2) is 4.98 Å². The molecule has 0 atom stereocenters. The lowest BCUT2D eigenvalue weighted by Gasteiger charge is -2.11. The fourth-order valence-corrected chi connectivity index (χ4v) is 4.07. The summed E-state index contributed by atoms with van der Waals surface area (Å²) in [5.74, 6) is 1.43. The highest BCUT2D eigenvalue weighted by Crippen LogP contribution is 2.31. The minimum Gasteiger partial charge on any atom is -0.493 e. The van der Waals surface area contributed by atoms with Crippen LogP contribution in [0.5, 0.6) is 11.5 Å². The SMILES string of the molecule is COc1cccc(C=Nn2c(-c3cc4cc(Br)ccc4o3)nc3ccccc3c2=O)c1OCC#N. The number of aromatic nitrogens is 2. The molecule has 0 saturated heterocycles. The first-order chi connectivity index (χ1) is 17.1.